The molecule has 0 aromatic rings. The van der Waals surface area contributed by atoms with Gasteiger partial charge in [0.25, 0.3) is 0 Å². The monoisotopic (exact) mass is 180 g/mol. The van der Waals surface area contributed by atoms with Crippen LogP contribution in [-0.2, 0) is 0 Å². The minimum atomic E-state index is 0.636. The van der Waals surface area contributed by atoms with Crippen molar-refractivity contribution in [1.29, 1.82) is 0 Å². The fourth-order valence-corrected chi connectivity index (χ4v) is 3.10. The lowest BCUT2D eigenvalue weighted by Gasteiger charge is -2.02. The second kappa shape index (κ2) is 5.57. The maximum atomic E-state index is 5.06. The fourth-order valence-electron chi connectivity index (χ4n) is 0.344. The topological polar surface area (TPSA) is 0 Å². The summed E-state index contributed by atoms with van der Waals surface area (Å²) in [5.41, 5.74) is 0. The maximum Gasteiger partial charge on any atom is 0.104 e. The largest absolute Gasteiger partial charge is 0.108 e. The molecule has 0 N–H and O–H groups in total. The molecule has 0 aliphatic carbocycles. The number of rotatable bonds is 2. The van der Waals surface area contributed by atoms with Crippen molar-refractivity contribution < 1.29 is 0 Å². The van der Waals surface area contributed by atoms with Crippen molar-refractivity contribution in [2.75, 3.05) is 5.75 Å². The van der Waals surface area contributed by atoms with Gasteiger partial charge in [-0.05, 0) is 5.75 Å². The van der Waals surface area contributed by atoms with Gasteiger partial charge in [0.2, 0.25) is 0 Å². The molecule has 0 aromatic carbocycles. The number of hydrogen-bond donors (Lipinski definition) is 0. The van der Waals surface area contributed by atoms with Gasteiger partial charge in [-0.2, -0.15) is 0 Å². The molecular weight excluding hydrogens is 168 g/mol. The minimum absolute atomic E-state index is 0.636. The minimum Gasteiger partial charge on any atom is -0.108 e. The molecule has 3 heteroatoms. The van der Waals surface area contributed by atoms with Crippen LogP contribution >= 0.6 is 35.7 Å². The predicted octanol–water partition coefficient (Wildman–Crippen LogP) is 3.17. The highest BCUT2D eigenvalue weighted by atomic mass is 32.2. The normalized spacial score (nSPS) is 10.2. The Hall–Kier alpha value is 0.790. The summed E-state index contributed by atoms with van der Waals surface area (Å²) in [7, 11) is 0. The SMILES string of the molecule is CCSC(=S)SC(C)C. The van der Waals surface area contributed by atoms with Gasteiger partial charge in [-0.3, -0.25) is 0 Å². The molecule has 0 spiro atoms. The lowest BCUT2D eigenvalue weighted by Crippen LogP contribution is -1.90. The maximum absolute atomic E-state index is 5.06. The van der Waals surface area contributed by atoms with E-state index in [1.807, 2.05) is 0 Å². The molecule has 0 nitrogen and oxygen atoms in total. The Morgan fingerprint density at radius 2 is 2.11 bits per heavy atom. The number of hydrogen-bond acceptors (Lipinski definition) is 3. The first kappa shape index (κ1) is 9.79. The molecule has 0 aliphatic heterocycles. The van der Waals surface area contributed by atoms with Crippen molar-refractivity contribution in [3.05, 3.63) is 0 Å². The first-order chi connectivity index (χ1) is 4.16. The highest BCUT2D eigenvalue weighted by molar-refractivity contribution is 8.47. The summed E-state index contributed by atoms with van der Waals surface area (Å²) in [6.45, 7) is 6.44. The van der Waals surface area contributed by atoms with E-state index < -0.39 is 0 Å². The summed E-state index contributed by atoms with van der Waals surface area (Å²) in [4.78, 5) is 0. The second-order valence-electron chi connectivity index (χ2n) is 1.85. The van der Waals surface area contributed by atoms with Gasteiger partial charge in [-0.15, -0.1) is 23.5 Å². The number of thiocarbonyl (C=S) groups is 1. The Labute approximate surface area is 71.2 Å². The van der Waals surface area contributed by atoms with E-state index in [9.17, 15) is 0 Å². The summed E-state index contributed by atoms with van der Waals surface area (Å²) in [5.74, 6) is 1.10. The van der Waals surface area contributed by atoms with E-state index >= 15 is 0 Å². The van der Waals surface area contributed by atoms with E-state index in [2.05, 4.69) is 20.8 Å². The third-order valence-electron chi connectivity index (χ3n) is 0.594. The van der Waals surface area contributed by atoms with Crippen LogP contribution in [0.1, 0.15) is 20.8 Å². The van der Waals surface area contributed by atoms with E-state index in [1.54, 1.807) is 23.5 Å². The van der Waals surface area contributed by atoms with Gasteiger partial charge < -0.3 is 0 Å². The second-order valence-corrected chi connectivity index (χ2v) is 5.89. The molecule has 0 radical (unpaired) electrons. The van der Waals surface area contributed by atoms with Gasteiger partial charge >= 0.3 is 0 Å². The lowest BCUT2D eigenvalue weighted by molar-refractivity contribution is 1.12. The molecular formula is C6H12S3. The lowest BCUT2D eigenvalue weighted by atomic mass is 10.6. The van der Waals surface area contributed by atoms with Crippen LogP contribution in [0.25, 0.3) is 0 Å². The first-order valence-corrected chi connectivity index (χ1v) is 5.27. The average Bonchev–Trinajstić information content (AvgIpc) is 1.63. The van der Waals surface area contributed by atoms with Crippen LogP contribution in [0.5, 0.6) is 0 Å². The molecule has 0 saturated heterocycles. The van der Waals surface area contributed by atoms with Crippen molar-refractivity contribution in [2.45, 2.75) is 26.0 Å². The first-order valence-electron chi connectivity index (χ1n) is 3.00. The van der Waals surface area contributed by atoms with Gasteiger partial charge in [-0.1, -0.05) is 33.0 Å². The molecule has 0 unspecified atom stereocenters. The van der Waals surface area contributed by atoms with Crippen LogP contribution in [0, 0.1) is 0 Å². The van der Waals surface area contributed by atoms with Crippen molar-refractivity contribution >= 4 is 39.3 Å². The van der Waals surface area contributed by atoms with Crippen LogP contribution in [0.2, 0.25) is 0 Å². The van der Waals surface area contributed by atoms with Crippen LogP contribution in [0.3, 0.4) is 0 Å². The van der Waals surface area contributed by atoms with Gasteiger partial charge in [0.1, 0.15) is 3.53 Å². The smallest absolute Gasteiger partial charge is 0.104 e. The molecule has 0 fully saturated rings. The fraction of sp³-hybridized carbons (Fsp3) is 0.833. The Morgan fingerprint density at radius 3 is 2.44 bits per heavy atom. The zero-order valence-electron chi connectivity index (χ0n) is 6.01. The third-order valence-corrected chi connectivity index (χ3v) is 3.07. The Kier molecular flexibility index (Phi) is 6.05. The average molecular weight is 180 g/mol. The van der Waals surface area contributed by atoms with Crippen molar-refractivity contribution in [3.8, 4) is 0 Å². The van der Waals surface area contributed by atoms with E-state index in [-0.39, 0.29) is 0 Å². The number of thioether (sulfide) groups is 2. The van der Waals surface area contributed by atoms with Crippen LogP contribution in [0.15, 0.2) is 0 Å². The molecule has 0 rings (SSSR count). The third kappa shape index (κ3) is 6.68. The summed E-state index contributed by atoms with van der Waals surface area (Å²) in [5, 5.41) is 0.636. The zero-order valence-corrected chi connectivity index (χ0v) is 8.46. The van der Waals surface area contributed by atoms with E-state index in [0.717, 1.165) is 9.28 Å². The van der Waals surface area contributed by atoms with E-state index in [4.69, 9.17) is 12.2 Å². The van der Waals surface area contributed by atoms with Crippen molar-refractivity contribution in [1.82, 2.24) is 0 Å². The van der Waals surface area contributed by atoms with Crippen molar-refractivity contribution in [2.24, 2.45) is 0 Å². The Balaban J connectivity index is 3.27. The van der Waals surface area contributed by atoms with Crippen LogP contribution < -0.4 is 0 Å². The van der Waals surface area contributed by atoms with Gasteiger partial charge in [-0.25, -0.2) is 0 Å². The van der Waals surface area contributed by atoms with Gasteiger partial charge in [0.05, 0.1) is 0 Å². The van der Waals surface area contributed by atoms with Crippen molar-refractivity contribution in [3.63, 3.8) is 0 Å². The van der Waals surface area contributed by atoms with E-state index in [0.29, 0.717) is 5.25 Å². The molecule has 9 heavy (non-hydrogen) atoms. The van der Waals surface area contributed by atoms with Crippen LogP contribution in [0.4, 0.5) is 0 Å². The summed E-state index contributed by atoms with van der Waals surface area (Å²) >= 11 is 8.58. The zero-order chi connectivity index (χ0) is 7.28. The molecule has 0 atom stereocenters. The van der Waals surface area contributed by atoms with Gasteiger partial charge in [0.15, 0.2) is 0 Å². The molecule has 0 bridgehead atoms. The Bertz CT molecular complexity index is 88.3. The molecule has 54 valence electrons. The predicted molar refractivity (Wildman–Crippen MR) is 53.5 cm³/mol. The molecule has 0 aliphatic rings. The van der Waals surface area contributed by atoms with E-state index in [1.165, 1.54) is 0 Å². The Morgan fingerprint density at radius 1 is 1.56 bits per heavy atom. The quantitative estimate of drug-likeness (QED) is 0.599. The van der Waals surface area contributed by atoms with Crippen LogP contribution in [-0.4, -0.2) is 14.5 Å². The van der Waals surface area contributed by atoms with Gasteiger partial charge in [0, 0.05) is 5.25 Å². The summed E-state index contributed by atoms with van der Waals surface area (Å²) < 4.78 is 1.08. The molecule has 0 aromatic heterocycles. The molecule has 0 heterocycles. The molecule has 0 saturated carbocycles. The summed E-state index contributed by atoms with van der Waals surface area (Å²) in [6.07, 6.45) is 0. The highest BCUT2D eigenvalue weighted by Crippen LogP contribution is 2.20. The highest BCUT2D eigenvalue weighted by Gasteiger charge is 1.99. The standard InChI is InChI=1S/C6H12S3/c1-4-8-6(7)9-5(2)3/h5H,4H2,1-3H3. The summed E-state index contributed by atoms with van der Waals surface area (Å²) in [6, 6.07) is 0. The molecule has 0 amide bonds.